The fourth-order valence-electron chi connectivity index (χ4n) is 1.56. The lowest BCUT2D eigenvalue weighted by molar-refractivity contribution is -0.141. The minimum atomic E-state index is -1.03. The summed E-state index contributed by atoms with van der Waals surface area (Å²) in [5.41, 5.74) is 0. The number of thioether (sulfide) groups is 1. The average Bonchev–Trinajstić information content (AvgIpc) is 2.42. The van der Waals surface area contributed by atoms with Crippen LogP contribution in [0.2, 0.25) is 0 Å². The van der Waals surface area contributed by atoms with E-state index >= 15 is 0 Å². The molecule has 0 aliphatic carbocycles. The summed E-state index contributed by atoms with van der Waals surface area (Å²) < 4.78 is 18.1. The minimum Gasteiger partial charge on any atom is -0.493 e. The van der Waals surface area contributed by atoms with Gasteiger partial charge in [-0.15, -0.1) is 0 Å². The van der Waals surface area contributed by atoms with E-state index in [0.717, 1.165) is 0 Å². The van der Waals surface area contributed by atoms with Gasteiger partial charge in [0, 0.05) is 12.7 Å². The number of halogens is 1. The first kappa shape index (κ1) is 17.3. The number of carboxylic acids is 1. The first-order valence-corrected chi connectivity index (χ1v) is 7.60. The molecule has 116 valence electrons. The molecule has 1 aromatic carbocycles. The number of aliphatic carboxylic acids is 1. The second-order valence-electron chi connectivity index (χ2n) is 4.29. The van der Waals surface area contributed by atoms with Crippen molar-refractivity contribution in [3.63, 3.8) is 0 Å². The Morgan fingerprint density at radius 3 is 2.57 bits per heavy atom. The molecule has 0 saturated carbocycles. The molecule has 21 heavy (non-hydrogen) atoms. The molecular formula is C14H18FNO4S. The number of ether oxygens (including phenoxy) is 1. The molecule has 0 spiro atoms. The van der Waals surface area contributed by atoms with Gasteiger partial charge in [0.1, 0.15) is 17.6 Å². The largest absolute Gasteiger partial charge is 0.493 e. The SMILES string of the molecule is CC(=O)NC(CCSCCOc1ccc(F)cc1)C(=O)O. The topological polar surface area (TPSA) is 75.6 Å². The van der Waals surface area contributed by atoms with E-state index in [1.54, 1.807) is 12.1 Å². The van der Waals surface area contributed by atoms with Crippen LogP contribution in [-0.4, -0.2) is 41.1 Å². The number of rotatable bonds is 9. The summed E-state index contributed by atoms with van der Waals surface area (Å²) in [6.45, 7) is 1.74. The van der Waals surface area contributed by atoms with Gasteiger partial charge in [-0.3, -0.25) is 4.79 Å². The zero-order chi connectivity index (χ0) is 15.7. The Balaban J connectivity index is 2.14. The van der Waals surface area contributed by atoms with E-state index in [-0.39, 0.29) is 11.7 Å². The fourth-order valence-corrected chi connectivity index (χ4v) is 2.36. The van der Waals surface area contributed by atoms with E-state index < -0.39 is 12.0 Å². The molecule has 1 amide bonds. The van der Waals surface area contributed by atoms with Gasteiger partial charge in [-0.25, -0.2) is 9.18 Å². The van der Waals surface area contributed by atoms with Gasteiger partial charge in [-0.2, -0.15) is 11.8 Å². The van der Waals surface area contributed by atoms with Gasteiger partial charge in [-0.1, -0.05) is 0 Å². The molecule has 1 rings (SSSR count). The van der Waals surface area contributed by atoms with E-state index in [2.05, 4.69) is 5.32 Å². The van der Waals surface area contributed by atoms with Crippen LogP contribution in [-0.2, 0) is 9.59 Å². The molecule has 1 unspecified atom stereocenters. The van der Waals surface area contributed by atoms with Crippen molar-refractivity contribution in [3.8, 4) is 5.75 Å². The van der Waals surface area contributed by atoms with Crippen molar-refractivity contribution in [3.05, 3.63) is 30.1 Å². The number of carboxylic acid groups (broad SMARTS) is 1. The first-order valence-electron chi connectivity index (χ1n) is 6.45. The zero-order valence-electron chi connectivity index (χ0n) is 11.7. The second-order valence-corrected chi connectivity index (χ2v) is 5.52. The molecule has 0 radical (unpaired) electrons. The van der Waals surface area contributed by atoms with Crippen LogP contribution in [0.15, 0.2) is 24.3 Å². The molecule has 0 heterocycles. The third kappa shape index (κ3) is 7.55. The summed E-state index contributed by atoms with van der Waals surface area (Å²) in [5.74, 6) is 0.182. The number of carbonyl (C=O) groups is 2. The van der Waals surface area contributed by atoms with Gasteiger partial charge < -0.3 is 15.2 Å². The average molecular weight is 315 g/mol. The van der Waals surface area contributed by atoms with Crippen molar-refractivity contribution in [2.45, 2.75) is 19.4 Å². The van der Waals surface area contributed by atoms with Gasteiger partial charge in [-0.05, 0) is 36.4 Å². The summed E-state index contributed by atoms with van der Waals surface area (Å²) in [6.07, 6.45) is 0.357. The van der Waals surface area contributed by atoms with E-state index in [1.807, 2.05) is 0 Å². The van der Waals surface area contributed by atoms with Crippen molar-refractivity contribution in [1.29, 1.82) is 0 Å². The number of hydrogen-bond donors (Lipinski definition) is 2. The maximum atomic E-state index is 12.7. The highest BCUT2D eigenvalue weighted by Gasteiger charge is 2.17. The highest BCUT2D eigenvalue weighted by molar-refractivity contribution is 7.99. The number of carbonyl (C=O) groups excluding carboxylic acids is 1. The Bertz CT molecular complexity index is 467. The van der Waals surface area contributed by atoms with Crippen LogP contribution in [0.25, 0.3) is 0 Å². The van der Waals surface area contributed by atoms with Crippen molar-refractivity contribution < 1.29 is 23.8 Å². The number of amides is 1. The Kier molecular flexibility index (Phi) is 7.60. The Hall–Kier alpha value is -1.76. The van der Waals surface area contributed by atoms with Gasteiger partial charge >= 0.3 is 5.97 Å². The standard InChI is InChI=1S/C14H18FNO4S/c1-10(17)16-13(14(18)19)6-8-21-9-7-20-12-4-2-11(15)3-5-12/h2-5,13H,6-9H2,1H3,(H,16,17)(H,18,19). The number of nitrogens with one attached hydrogen (secondary N) is 1. The first-order chi connectivity index (χ1) is 9.99. The maximum Gasteiger partial charge on any atom is 0.326 e. The molecule has 0 bridgehead atoms. The van der Waals surface area contributed by atoms with Crippen LogP contribution >= 0.6 is 11.8 Å². The summed E-state index contributed by atoms with van der Waals surface area (Å²) in [5, 5.41) is 11.3. The normalized spacial score (nSPS) is 11.7. The summed E-state index contributed by atoms with van der Waals surface area (Å²) in [7, 11) is 0. The molecule has 0 aliphatic rings. The Morgan fingerprint density at radius 2 is 2.00 bits per heavy atom. The summed E-state index contributed by atoms with van der Waals surface area (Å²) >= 11 is 1.53. The zero-order valence-corrected chi connectivity index (χ0v) is 12.5. The van der Waals surface area contributed by atoms with Gasteiger partial charge in [0.25, 0.3) is 0 Å². The van der Waals surface area contributed by atoms with E-state index in [9.17, 15) is 14.0 Å². The van der Waals surface area contributed by atoms with Crippen LogP contribution in [0, 0.1) is 5.82 Å². The molecule has 7 heteroatoms. The highest BCUT2D eigenvalue weighted by Crippen LogP contribution is 2.12. The second kappa shape index (κ2) is 9.23. The molecule has 1 aromatic rings. The van der Waals surface area contributed by atoms with Crippen molar-refractivity contribution in [1.82, 2.24) is 5.32 Å². The van der Waals surface area contributed by atoms with Crippen LogP contribution in [0.4, 0.5) is 4.39 Å². The van der Waals surface area contributed by atoms with Crippen molar-refractivity contribution in [2.24, 2.45) is 0 Å². The Labute approximate surface area is 126 Å². The molecule has 0 fully saturated rings. The van der Waals surface area contributed by atoms with Crippen LogP contribution < -0.4 is 10.1 Å². The molecule has 0 aliphatic heterocycles. The third-order valence-electron chi connectivity index (χ3n) is 2.54. The van der Waals surface area contributed by atoms with E-state index in [0.29, 0.717) is 30.3 Å². The van der Waals surface area contributed by atoms with Crippen molar-refractivity contribution >= 4 is 23.6 Å². The molecule has 5 nitrogen and oxygen atoms in total. The van der Waals surface area contributed by atoms with Gasteiger partial charge in [0.15, 0.2) is 0 Å². The third-order valence-corrected chi connectivity index (χ3v) is 3.52. The van der Waals surface area contributed by atoms with Gasteiger partial charge in [0.05, 0.1) is 6.61 Å². The van der Waals surface area contributed by atoms with Gasteiger partial charge in [0.2, 0.25) is 5.91 Å². The van der Waals surface area contributed by atoms with Crippen LogP contribution in [0.1, 0.15) is 13.3 Å². The lowest BCUT2D eigenvalue weighted by Gasteiger charge is -2.12. The Morgan fingerprint density at radius 1 is 1.33 bits per heavy atom. The smallest absolute Gasteiger partial charge is 0.326 e. The number of hydrogen-bond acceptors (Lipinski definition) is 4. The summed E-state index contributed by atoms with van der Waals surface area (Å²) in [4.78, 5) is 21.7. The number of benzene rings is 1. The minimum absolute atomic E-state index is 0.311. The quantitative estimate of drug-likeness (QED) is 0.681. The van der Waals surface area contributed by atoms with E-state index in [4.69, 9.17) is 9.84 Å². The monoisotopic (exact) mass is 315 g/mol. The van der Waals surface area contributed by atoms with Crippen LogP contribution in [0.3, 0.4) is 0 Å². The maximum absolute atomic E-state index is 12.7. The molecule has 0 aromatic heterocycles. The summed E-state index contributed by atoms with van der Waals surface area (Å²) in [6, 6.07) is 4.91. The van der Waals surface area contributed by atoms with Crippen LogP contribution in [0.5, 0.6) is 5.75 Å². The fraction of sp³-hybridized carbons (Fsp3) is 0.429. The molecule has 1 atom stereocenters. The van der Waals surface area contributed by atoms with Crippen molar-refractivity contribution in [2.75, 3.05) is 18.1 Å². The molecule has 0 saturated heterocycles. The highest BCUT2D eigenvalue weighted by atomic mass is 32.2. The lowest BCUT2D eigenvalue weighted by atomic mass is 10.2. The predicted octanol–water partition coefficient (Wildman–Crippen LogP) is 1.92. The lowest BCUT2D eigenvalue weighted by Crippen LogP contribution is -2.39. The molecular weight excluding hydrogens is 297 g/mol. The molecule has 2 N–H and O–H groups in total. The van der Waals surface area contributed by atoms with E-state index in [1.165, 1.54) is 30.8 Å². The predicted molar refractivity (Wildman–Crippen MR) is 79.1 cm³/mol.